The number of fused-ring (bicyclic) bond motifs is 1. The Hall–Kier alpha value is -2.84. The number of anilines is 1. The van der Waals surface area contributed by atoms with Gasteiger partial charge in [0.05, 0.1) is 19.1 Å². The van der Waals surface area contributed by atoms with Crippen molar-refractivity contribution in [2.24, 2.45) is 0 Å². The molecule has 0 radical (unpaired) electrons. The number of methoxy groups -OCH3 is 2. The molecule has 1 fully saturated rings. The number of ether oxygens (including phenoxy) is 2. The second kappa shape index (κ2) is 10.4. The molecule has 2 heterocycles. The maximum Gasteiger partial charge on any atom is 0.266 e. The van der Waals surface area contributed by atoms with Crippen LogP contribution in [0.25, 0.3) is 6.08 Å². The van der Waals surface area contributed by atoms with E-state index in [-0.39, 0.29) is 11.8 Å². The largest absolute Gasteiger partial charge is 0.493 e. The summed E-state index contributed by atoms with van der Waals surface area (Å²) in [4.78, 5) is 29.8. The van der Waals surface area contributed by atoms with Gasteiger partial charge < -0.3 is 14.4 Å². The van der Waals surface area contributed by atoms with E-state index in [0.717, 1.165) is 30.6 Å². The molecule has 2 amide bonds. The van der Waals surface area contributed by atoms with E-state index in [9.17, 15) is 9.59 Å². The molecule has 6 nitrogen and oxygen atoms in total. The Labute approximate surface area is 203 Å². The molecule has 2 aromatic carbocycles. The van der Waals surface area contributed by atoms with Crippen molar-refractivity contribution in [1.82, 2.24) is 4.90 Å². The lowest BCUT2D eigenvalue weighted by atomic mass is 10.0. The summed E-state index contributed by atoms with van der Waals surface area (Å²) in [6, 6.07) is 13.6. The van der Waals surface area contributed by atoms with Crippen LogP contribution in [0.2, 0.25) is 0 Å². The Morgan fingerprint density at radius 1 is 1.15 bits per heavy atom. The van der Waals surface area contributed by atoms with Gasteiger partial charge in [0.1, 0.15) is 4.32 Å². The molecule has 0 saturated carbocycles. The lowest BCUT2D eigenvalue weighted by molar-refractivity contribution is -0.123. The van der Waals surface area contributed by atoms with E-state index < -0.39 is 0 Å². The van der Waals surface area contributed by atoms with Gasteiger partial charge in [-0.05, 0) is 54.7 Å². The number of nitrogens with zero attached hydrogens (tertiary/aromatic N) is 2. The fourth-order valence-electron chi connectivity index (χ4n) is 4.10. The number of para-hydroxylation sites is 1. The number of amides is 2. The van der Waals surface area contributed by atoms with E-state index in [0.29, 0.717) is 40.1 Å². The fraction of sp³-hybridized carbons (Fsp3) is 0.320. The van der Waals surface area contributed by atoms with E-state index >= 15 is 0 Å². The Morgan fingerprint density at radius 2 is 1.94 bits per heavy atom. The number of carbonyl (C=O) groups is 2. The minimum absolute atomic E-state index is 0.0912. The number of thioether (sulfide) groups is 1. The van der Waals surface area contributed by atoms with Crippen LogP contribution in [0.5, 0.6) is 11.5 Å². The second-order valence-electron chi connectivity index (χ2n) is 7.83. The molecule has 0 aromatic heterocycles. The van der Waals surface area contributed by atoms with E-state index in [1.54, 1.807) is 31.3 Å². The van der Waals surface area contributed by atoms with Crippen molar-refractivity contribution in [1.29, 1.82) is 0 Å². The second-order valence-corrected chi connectivity index (χ2v) is 9.50. The predicted molar refractivity (Wildman–Crippen MR) is 136 cm³/mol. The zero-order valence-corrected chi connectivity index (χ0v) is 20.3. The summed E-state index contributed by atoms with van der Waals surface area (Å²) in [5.74, 6) is 1.19. The fourth-order valence-corrected chi connectivity index (χ4v) is 5.41. The van der Waals surface area contributed by atoms with Gasteiger partial charge >= 0.3 is 0 Å². The molecule has 172 valence electrons. The number of hydrogen-bond acceptors (Lipinski definition) is 6. The minimum Gasteiger partial charge on any atom is -0.493 e. The van der Waals surface area contributed by atoms with Crippen molar-refractivity contribution in [2.75, 3.05) is 32.2 Å². The highest BCUT2D eigenvalue weighted by Crippen LogP contribution is 2.35. The Bertz CT molecular complexity index is 1120. The minimum atomic E-state index is -0.129. The molecule has 0 unspecified atom stereocenters. The SMILES string of the molecule is COc1ccc(/C=C2\SC(=S)N(CCCC(=O)N3CCCc4ccccc43)C2=O)cc1OC. The first-order valence-electron chi connectivity index (χ1n) is 10.9. The van der Waals surface area contributed by atoms with Crippen LogP contribution in [0.3, 0.4) is 0 Å². The van der Waals surface area contributed by atoms with E-state index in [1.165, 1.54) is 17.3 Å². The third kappa shape index (κ3) is 5.07. The molecule has 0 aliphatic carbocycles. The topological polar surface area (TPSA) is 59.1 Å². The average molecular weight is 483 g/mol. The van der Waals surface area contributed by atoms with Gasteiger partial charge in [0.25, 0.3) is 5.91 Å². The number of rotatable bonds is 7. The first-order chi connectivity index (χ1) is 16.0. The summed E-state index contributed by atoms with van der Waals surface area (Å²) in [5, 5.41) is 0. The standard InChI is InChI=1S/C25H26N2O4S2/c1-30-20-12-11-17(15-21(20)31-2)16-22-24(29)27(25(32)33-22)14-6-10-23(28)26-13-5-8-18-7-3-4-9-19(18)26/h3-4,7,9,11-12,15-16H,5-6,8,10,13-14H2,1-2H3/b22-16-. The molecule has 0 bridgehead atoms. The highest BCUT2D eigenvalue weighted by Gasteiger charge is 2.32. The zero-order chi connectivity index (χ0) is 23.4. The third-order valence-corrected chi connectivity index (χ3v) is 7.14. The molecule has 4 rings (SSSR count). The third-order valence-electron chi connectivity index (χ3n) is 5.76. The van der Waals surface area contributed by atoms with Gasteiger partial charge in [-0.2, -0.15) is 0 Å². The zero-order valence-electron chi connectivity index (χ0n) is 18.7. The molecule has 2 aromatic rings. The summed E-state index contributed by atoms with van der Waals surface area (Å²) in [7, 11) is 3.16. The molecule has 0 spiro atoms. The van der Waals surface area contributed by atoms with Gasteiger partial charge in [-0.1, -0.05) is 48.2 Å². The number of benzene rings is 2. The molecule has 1 saturated heterocycles. The van der Waals surface area contributed by atoms with Gasteiger partial charge in [0, 0.05) is 25.2 Å². The molecular formula is C25H26N2O4S2. The van der Waals surface area contributed by atoms with Crippen molar-refractivity contribution in [3.05, 3.63) is 58.5 Å². The first kappa shape index (κ1) is 23.3. The van der Waals surface area contributed by atoms with Gasteiger partial charge in [0.15, 0.2) is 11.5 Å². The summed E-state index contributed by atoms with van der Waals surface area (Å²) in [6.07, 6.45) is 4.71. The molecule has 2 aliphatic heterocycles. The molecule has 0 atom stereocenters. The van der Waals surface area contributed by atoms with Crippen LogP contribution in [0, 0.1) is 0 Å². The quantitative estimate of drug-likeness (QED) is 0.422. The lowest BCUT2D eigenvalue weighted by Crippen LogP contribution is -2.36. The van der Waals surface area contributed by atoms with Crippen molar-refractivity contribution in [3.63, 3.8) is 0 Å². The number of carbonyl (C=O) groups excluding carboxylic acids is 2. The van der Waals surface area contributed by atoms with Crippen LogP contribution in [0.4, 0.5) is 5.69 Å². The molecule has 8 heteroatoms. The Balaban J connectivity index is 1.37. The number of hydrogen-bond donors (Lipinski definition) is 0. The van der Waals surface area contributed by atoms with E-state index in [2.05, 4.69) is 6.07 Å². The van der Waals surface area contributed by atoms with Crippen molar-refractivity contribution >= 4 is 51.9 Å². The molecular weight excluding hydrogens is 456 g/mol. The maximum absolute atomic E-state index is 12.9. The van der Waals surface area contributed by atoms with Crippen molar-refractivity contribution in [2.45, 2.75) is 25.7 Å². The van der Waals surface area contributed by atoms with Crippen LogP contribution >= 0.6 is 24.0 Å². The van der Waals surface area contributed by atoms with Gasteiger partial charge in [-0.25, -0.2) is 0 Å². The lowest BCUT2D eigenvalue weighted by Gasteiger charge is -2.29. The molecule has 33 heavy (non-hydrogen) atoms. The summed E-state index contributed by atoms with van der Waals surface area (Å²) >= 11 is 6.72. The smallest absolute Gasteiger partial charge is 0.266 e. The van der Waals surface area contributed by atoms with Gasteiger partial charge in [-0.3, -0.25) is 14.5 Å². The molecule has 2 aliphatic rings. The molecule has 0 N–H and O–H groups in total. The highest BCUT2D eigenvalue weighted by molar-refractivity contribution is 8.26. The summed E-state index contributed by atoms with van der Waals surface area (Å²) < 4.78 is 11.1. The van der Waals surface area contributed by atoms with E-state index in [4.69, 9.17) is 21.7 Å². The summed E-state index contributed by atoms with van der Waals surface area (Å²) in [5.41, 5.74) is 3.05. The van der Waals surface area contributed by atoms with E-state index in [1.807, 2.05) is 35.2 Å². The maximum atomic E-state index is 12.9. The number of aryl methyl sites for hydroxylation is 1. The Kier molecular flexibility index (Phi) is 7.35. The summed E-state index contributed by atoms with van der Waals surface area (Å²) in [6.45, 7) is 1.17. The van der Waals surface area contributed by atoms with Crippen LogP contribution in [0.15, 0.2) is 47.4 Å². The predicted octanol–water partition coefficient (Wildman–Crippen LogP) is 4.66. The average Bonchev–Trinajstić information content (AvgIpc) is 3.10. The Morgan fingerprint density at radius 3 is 2.73 bits per heavy atom. The van der Waals surface area contributed by atoms with Crippen LogP contribution < -0.4 is 14.4 Å². The van der Waals surface area contributed by atoms with Crippen LogP contribution in [-0.4, -0.2) is 48.3 Å². The highest BCUT2D eigenvalue weighted by atomic mass is 32.2. The monoisotopic (exact) mass is 482 g/mol. The van der Waals surface area contributed by atoms with Gasteiger partial charge in [0.2, 0.25) is 5.91 Å². The first-order valence-corrected chi connectivity index (χ1v) is 12.1. The normalized spacial score (nSPS) is 16.8. The van der Waals surface area contributed by atoms with Crippen LogP contribution in [-0.2, 0) is 16.0 Å². The van der Waals surface area contributed by atoms with Gasteiger partial charge in [-0.15, -0.1) is 0 Å². The van der Waals surface area contributed by atoms with Crippen molar-refractivity contribution in [3.8, 4) is 11.5 Å². The van der Waals surface area contributed by atoms with Crippen LogP contribution in [0.1, 0.15) is 30.4 Å². The number of thiocarbonyl (C=S) groups is 1. The van der Waals surface area contributed by atoms with Crippen molar-refractivity contribution < 1.29 is 19.1 Å².